The fraction of sp³-hybridized carbons (Fsp3) is 0.350. The number of rotatable bonds is 4. The number of carbonyl (C=O) groups is 1. The molecular weight excluding hydrogens is 427 g/mol. The van der Waals surface area contributed by atoms with E-state index in [-0.39, 0.29) is 24.4 Å². The zero-order valence-electron chi connectivity index (χ0n) is 16.9. The Morgan fingerprint density at radius 1 is 1.23 bits per heavy atom. The molecule has 1 aliphatic heterocycles. The van der Waals surface area contributed by atoms with Crippen molar-refractivity contribution in [3.05, 3.63) is 53.0 Å². The Kier molecular flexibility index (Phi) is 6.58. The highest BCUT2D eigenvalue weighted by atomic mass is 35.5. The second kappa shape index (κ2) is 8.97. The highest BCUT2D eigenvalue weighted by molar-refractivity contribution is 6.29. The van der Waals surface area contributed by atoms with Crippen molar-refractivity contribution in [3.63, 3.8) is 0 Å². The second-order valence-corrected chi connectivity index (χ2v) is 7.60. The Morgan fingerprint density at radius 3 is 2.67 bits per heavy atom. The summed E-state index contributed by atoms with van der Waals surface area (Å²) in [5.41, 5.74) is 2.90. The van der Waals surface area contributed by atoms with Gasteiger partial charge in [-0.1, -0.05) is 11.6 Å². The van der Waals surface area contributed by atoms with Crippen molar-refractivity contribution in [2.45, 2.75) is 32.9 Å². The molecule has 0 unspecified atom stereocenters. The van der Waals surface area contributed by atoms with Crippen LogP contribution in [0, 0.1) is 0 Å². The second-order valence-electron chi connectivity index (χ2n) is 7.21. The minimum Gasteiger partial charge on any atom is -0.475 e. The van der Waals surface area contributed by atoms with E-state index in [0.717, 1.165) is 16.8 Å². The van der Waals surface area contributed by atoms with E-state index in [1.165, 1.54) is 0 Å². The number of nitrogens with zero attached hydrogens (tertiary/aromatic N) is 6. The van der Waals surface area contributed by atoms with Crippen molar-refractivity contribution in [1.29, 1.82) is 0 Å². The van der Waals surface area contributed by atoms with Gasteiger partial charge in [-0.25, -0.2) is 15.0 Å². The summed E-state index contributed by atoms with van der Waals surface area (Å²) < 4.78 is 7.74. The highest BCUT2D eigenvalue weighted by Gasteiger charge is 2.28. The van der Waals surface area contributed by atoms with Crippen LogP contribution in [-0.2, 0) is 20.0 Å². The van der Waals surface area contributed by atoms with Crippen LogP contribution in [0.3, 0.4) is 0 Å². The highest BCUT2D eigenvalue weighted by Crippen LogP contribution is 2.30. The summed E-state index contributed by atoms with van der Waals surface area (Å²) in [5.74, 6) is 0.916. The maximum atomic E-state index is 12.8. The minimum atomic E-state index is -0.113. The van der Waals surface area contributed by atoms with Gasteiger partial charge in [0.2, 0.25) is 5.88 Å². The molecule has 30 heavy (non-hydrogen) atoms. The number of imidazole rings is 1. The van der Waals surface area contributed by atoms with Crippen LogP contribution < -0.4 is 4.74 Å². The molecule has 4 rings (SSSR count). The third-order valence-electron chi connectivity index (χ3n) is 4.57. The maximum Gasteiger partial charge on any atom is 0.274 e. The molecule has 0 N–H and O–H groups in total. The standard InChI is InChI=1S/C20H21ClN6O2.ClH/c1-12(2)29-19-14-9-27(20(28)16-10-26(3)11-23-16)7-6-15(14)24-18(25-19)13-4-5-17(21)22-8-13;/h4-5,8,10-12H,6-7,9H2,1-3H3;1H. The molecule has 0 spiro atoms. The molecule has 10 heteroatoms. The lowest BCUT2D eigenvalue weighted by molar-refractivity contribution is 0.0724. The van der Waals surface area contributed by atoms with Gasteiger partial charge in [-0.2, -0.15) is 4.98 Å². The molecule has 0 atom stereocenters. The summed E-state index contributed by atoms with van der Waals surface area (Å²) in [6.07, 6.45) is 5.53. The first-order chi connectivity index (χ1) is 13.9. The fourth-order valence-electron chi connectivity index (χ4n) is 3.20. The molecule has 0 aromatic carbocycles. The van der Waals surface area contributed by atoms with E-state index in [1.807, 2.05) is 27.0 Å². The van der Waals surface area contributed by atoms with Crippen molar-refractivity contribution in [2.75, 3.05) is 6.54 Å². The van der Waals surface area contributed by atoms with Crippen LogP contribution in [0.15, 0.2) is 30.9 Å². The molecular formula is C20H22Cl2N6O2. The van der Waals surface area contributed by atoms with Crippen LogP contribution in [-0.4, -0.2) is 48.0 Å². The van der Waals surface area contributed by atoms with Crippen LogP contribution in [0.5, 0.6) is 5.88 Å². The number of hydrogen-bond acceptors (Lipinski definition) is 6. The summed E-state index contributed by atoms with van der Waals surface area (Å²) >= 11 is 5.89. The summed E-state index contributed by atoms with van der Waals surface area (Å²) in [6.45, 7) is 4.82. The Morgan fingerprint density at radius 2 is 2.03 bits per heavy atom. The van der Waals surface area contributed by atoms with Gasteiger partial charge >= 0.3 is 0 Å². The van der Waals surface area contributed by atoms with Crippen LogP contribution in [0.2, 0.25) is 5.15 Å². The summed E-state index contributed by atoms with van der Waals surface area (Å²) in [7, 11) is 1.84. The third kappa shape index (κ3) is 4.55. The Bertz CT molecular complexity index is 1050. The SMILES string of the molecule is CC(C)Oc1nc(-c2ccc(Cl)nc2)nc2c1CN(C(=O)c1cn(C)cn1)CC2.Cl. The van der Waals surface area contributed by atoms with E-state index < -0.39 is 0 Å². The zero-order valence-corrected chi connectivity index (χ0v) is 18.4. The molecule has 0 bridgehead atoms. The van der Waals surface area contributed by atoms with Crippen molar-refractivity contribution >= 4 is 29.9 Å². The van der Waals surface area contributed by atoms with Crippen molar-refractivity contribution in [1.82, 2.24) is 29.4 Å². The van der Waals surface area contributed by atoms with Crippen molar-refractivity contribution in [3.8, 4) is 17.3 Å². The summed E-state index contributed by atoms with van der Waals surface area (Å²) in [4.78, 5) is 32.2. The fourth-order valence-corrected chi connectivity index (χ4v) is 3.31. The first-order valence-corrected chi connectivity index (χ1v) is 9.74. The molecule has 0 saturated heterocycles. The molecule has 0 saturated carbocycles. The van der Waals surface area contributed by atoms with Gasteiger partial charge in [-0.15, -0.1) is 12.4 Å². The first kappa shape index (κ1) is 22.0. The van der Waals surface area contributed by atoms with Gasteiger partial charge in [0, 0.05) is 38.0 Å². The van der Waals surface area contributed by atoms with Gasteiger partial charge in [-0.3, -0.25) is 4.79 Å². The van der Waals surface area contributed by atoms with Crippen LogP contribution >= 0.6 is 24.0 Å². The van der Waals surface area contributed by atoms with Crippen molar-refractivity contribution in [2.24, 2.45) is 7.05 Å². The smallest absolute Gasteiger partial charge is 0.274 e. The molecule has 1 amide bonds. The number of halogens is 2. The van der Waals surface area contributed by atoms with Crippen LogP contribution in [0.4, 0.5) is 0 Å². The Labute approximate surface area is 185 Å². The topological polar surface area (TPSA) is 86.0 Å². The predicted octanol–water partition coefficient (Wildman–Crippen LogP) is 3.33. The molecule has 0 aliphatic carbocycles. The molecule has 1 aliphatic rings. The van der Waals surface area contributed by atoms with E-state index >= 15 is 0 Å². The first-order valence-electron chi connectivity index (χ1n) is 9.36. The van der Waals surface area contributed by atoms with E-state index in [1.54, 1.807) is 34.3 Å². The molecule has 158 valence electrons. The number of ether oxygens (including phenoxy) is 1. The number of fused-ring (bicyclic) bond motifs is 1. The van der Waals surface area contributed by atoms with E-state index in [0.29, 0.717) is 42.1 Å². The summed E-state index contributed by atoms with van der Waals surface area (Å²) in [6, 6.07) is 3.53. The van der Waals surface area contributed by atoms with Crippen LogP contribution in [0.1, 0.15) is 35.6 Å². The lowest BCUT2D eigenvalue weighted by Crippen LogP contribution is -2.37. The molecule has 8 nitrogen and oxygen atoms in total. The van der Waals surface area contributed by atoms with Gasteiger partial charge in [0.1, 0.15) is 10.8 Å². The quantitative estimate of drug-likeness (QED) is 0.568. The number of aromatic nitrogens is 5. The molecule has 0 fully saturated rings. The molecule has 3 aromatic heterocycles. The zero-order chi connectivity index (χ0) is 20.5. The Balaban J connectivity index is 0.00000256. The van der Waals surface area contributed by atoms with Gasteiger partial charge in [0.15, 0.2) is 5.82 Å². The molecule has 3 aromatic rings. The van der Waals surface area contributed by atoms with Gasteiger partial charge in [0.25, 0.3) is 5.91 Å². The van der Waals surface area contributed by atoms with E-state index in [2.05, 4.69) is 15.0 Å². The lowest BCUT2D eigenvalue weighted by atomic mass is 10.1. The number of carbonyl (C=O) groups excluding carboxylic acids is 1. The maximum absolute atomic E-state index is 12.8. The van der Waals surface area contributed by atoms with E-state index in [9.17, 15) is 4.79 Å². The number of amides is 1. The lowest BCUT2D eigenvalue weighted by Gasteiger charge is -2.29. The monoisotopic (exact) mass is 448 g/mol. The summed E-state index contributed by atoms with van der Waals surface area (Å²) in [5, 5.41) is 0.411. The van der Waals surface area contributed by atoms with Gasteiger partial charge in [-0.05, 0) is 26.0 Å². The average molecular weight is 449 g/mol. The third-order valence-corrected chi connectivity index (χ3v) is 4.79. The van der Waals surface area contributed by atoms with E-state index in [4.69, 9.17) is 21.3 Å². The number of pyridine rings is 1. The normalized spacial score (nSPS) is 13.0. The largest absolute Gasteiger partial charge is 0.475 e. The van der Waals surface area contributed by atoms with Crippen molar-refractivity contribution < 1.29 is 9.53 Å². The Hall–Kier alpha value is -2.71. The average Bonchev–Trinajstić information content (AvgIpc) is 3.13. The van der Waals surface area contributed by atoms with Crippen LogP contribution in [0.25, 0.3) is 11.4 Å². The van der Waals surface area contributed by atoms with Gasteiger partial charge in [0.05, 0.1) is 30.2 Å². The minimum absolute atomic E-state index is 0. The number of hydrogen-bond donors (Lipinski definition) is 0. The predicted molar refractivity (Wildman–Crippen MR) is 115 cm³/mol. The molecule has 0 radical (unpaired) electrons. The van der Waals surface area contributed by atoms with Gasteiger partial charge < -0.3 is 14.2 Å². The number of aryl methyl sites for hydroxylation is 1. The molecule has 4 heterocycles.